The van der Waals surface area contributed by atoms with Crippen molar-refractivity contribution in [2.75, 3.05) is 49.6 Å². The molecule has 0 spiro atoms. The van der Waals surface area contributed by atoms with E-state index in [2.05, 4.69) is 25.6 Å². The number of nitrogens with zero attached hydrogens (tertiary/aromatic N) is 5. The van der Waals surface area contributed by atoms with E-state index >= 15 is 0 Å². The van der Waals surface area contributed by atoms with Crippen LogP contribution in [0.3, 0.4) is 0 Å². The highest BCUT2D eigenvalue weighted by Crippen LogP contribution is 2.35. The van der Waals surface area contributed by atoms with Crippen LogP contribution in [0.25, 0.3) is 22.4 Å². The second-order valence-corrected chi connectivity index (χ2v) is 10.1. The highest BCUT2D eigenvalue weighted by molar-refractivity contribution is 5.99. The van der Waals surface area contributed by atoms with E-state index in [1.807, 2.05) is 42.3 Å². The van der Waals surface area contributed by atoms with Gasteiger partial charge in [-0.1, -0.05) is 30.3 Å². The van der Waals surface area contributed by atoms with Crippen LogP contribution in [0, 0.1) is 0 Å². The molecule has 5 rings (SSSR count). The SMILES string of the molecule is CN1CCN(Cc2ccc(NC(=O)Nc3cc(-c4ccc(-c5ccnc(N)c5)cc4)n(C)n3)cc2C(F)(F)F)CC1. The zero-order valence-corrected chi connectivity index (χ0v) is 22.7. The van der Waals surface area contributed by atoms with Crippen molar-refractivity contribution in [3.63, 3.8) is 0 Å². The van der Waals surface area contributed by atoms with Crippen molar-refractivity contribution in [1.29, 1.82) is 0 Å². The molecular formula is C29H31F3N8O. The zero-order valence-electron chi connectivity index (χ0n) is 22.7. The van der Waals surface area contributed by atoms with Crippen LogP contribution in [0.1, 0.15) is 11.1 Å². The fourth-order valence-corrected chi connectivity index (χ4v) is 4.84. The second-order valence-electron chi connectivity index (χ2n) is 10.1. The molecule has 0 aliphatic carbocycles. The molecule has 1 aliphatic heterocycles. The highest BCUT2D eigenvalue weighted by atomic mass is 19.4. The molecule has 2 aromatic carbocycles. The number of anilines is 3. The molecule has 0 radical (unpaired) electrons. The molecule has 2 amide bonds. The predicted molar refractivity (Wildman–Crippen MR) is 153 cm³/mol. The monoisotopic (exact) mass is 564 g/mol. The van der Waals surface area contributed by atoms with Crippen molar-refractivity contribution in [2.24, 2.45) is 7.05 Å². The number of nitrogens with two attached hydrogens (primary N) is 1. The van der Waals surface area contributed by atoms with Gasteiger partial charge in [0.2, 0.25) is 0 Å². The fourth-order valence-electron chi connectivity index (χ4n) is 4.84. The third-order valence-corrected chi connectivity index (χ3v) is 7.08. The minimum absolute atomic E-state index is 0.0421. The number of benzene rings is 2. The third kappa shape index (κ3) is 6.84. The van der Waals surface area contributed by atoms with E-state index in [9.17, 15) is 18.0 Å². The summed E-state index contributed by atoms with van der Waals surface area (Å²) in [5.74, 6) is 0.692. The number of hydrogen-bond acceptors (Lipinski definition) is 6. The van der Waals surface area contributed by atoms with Gasteiger partial charge >= 0.3 is 12.2 Å². The topological polar surface area (TPSA) is 104 Å². The molecule has 1 aliphatic rings. The van der Waals surface area contributed by atoms with Crippen LogP contribution in [-0.2, 0) is 19.8 Å². The Kier molecular flexibility index (Phi) is 7.95. The number of nitrogens with one attached hydrogen (secondary N) is 2. The van der Waals surface area contributed by atoms with Crippen LogP contribution in [0.5, 0.6) is 0 Å². The number of piperazine rings is 1. The molecule has 9 nitrogen and oxygen atoms in total. The van der Waals surface area contributed by atoms with E-state index in [4.69, 9.17) is 5.73 Å². The second kappa shape index (κ2) is 11.6. The Balaban J connectivity index is 1.26. The lowest BCUT2D eigenvalue weighted by atomic mass is 10.0. The van der Waals surface area contributed by atoms with E-state index < -0.39 is 17.8 Å². The Morgan fingerprint density at radius 2 is 1.61 bits per heavy atom. The number of likely N-dealkylation sites (N-methyl/N-ethyl adjacent to an activating group) is 1. The molecule has 3 heterocycles. The summed E-state index contributed by atoms with van der Waals surface area (Å²) < 4.78 is 43.3. The average Bonchev–Trinajstić information content (AvgIpc) is 3.29. The van der Waals surface area contributed by atoms with Gasteiger partial charge in [-0.25, -0.2) is 9.78 Å². The minimum Gasteiger partial charge on any atom is -0.384 e. The van der Waals surface area contributed by atoms with Gasteiger partial charge < -0.3 is 16.0 Å². The van der Waals surface area contributed by atoms with Crippen LogP contribution in [0.15, 0.2) is 66.9 Å². The number of alkyl halides is 3. The summed E-state index contributed by atoms with van der Waals surface area (Å²) in [6, 6.07) is 16.3. The molecule has 0 atom stereocenters. The molecule has 0 unspecified atom stereocenters. The molecule has 41 heavy (non-hydrogen) atoms. The van der Waals surface area contributed by atoms with Crippen LogP contribution < -0.4 is 16.4 Å². The lowest BCUT2D eigenvalue weighted by Gasteiger charge is -2.33. The standard InChI is InChI=1S/C29H31F3N8O/c1-38-11-13-40(14-12-38)18-22-7-8-23(16-24(22)29(30,31)32)35-28(41)36-27-17-25(39(2)37-27)20-5-3-19(4-6-20)21-9-10-34-26(33)15-21/h3-10,15-17H,11-14,18H2,1-2H3,(H2,33,34)(H2,35,36,37,41). The van der Waals surface area contributed by atoms with Gasteiger partial charge in [0, 0.05) is 57.7 Å². The van der Waals surface area contributed by atoms with Gasteiger partial charge in [0.15, 0.2) is 5.82 Å². The zero-order chi connectivity index (χ0) is 29.1. The summed E-state index contributed by atoms with van der Waals surface area (Å²) in [7, 11) is 3.74. The summed E-state index contributed by atoms with van der Waals surface area (Å²) in [5.41, 5.74) is 8.77. The highest BCUT2D eigenvalue weighted by Gasteiger charge is 2.34. The van der Waals surface area contributed by atoms with Gasteiger partial charge in [0.25, 0.3) is 0 Å². The Hall–Kier alpha value is -4.42. The quantitative estimate of drug-likeness (QED) is 0.300. The van der Waals surface area contributed by atoms with Crippen LogP contribution in [-0.4, -0.2) is 63.8 Å². The summed E-state index contributed by atoms with van der Waals surface area (Å²) >= 11 is 0. The van der Waals surface area contributed by atoms with Crippen molar-refractivity contribution in [3.8, 4) is 22.4 Å². The molecule has 4 N–H and O–H groups in total. The Morgan fingerprint density at radius 1 is 0.902 bits per heavy atom. The maximum Gasteiger partial charge on any atom is 0.416 e. The first-order chi connectivity index (χ1) is 19.5. The van der Waals surface area contributed by atoms with Crippen molar-refractivity contribution >= 4 is 23.4 Å². The number of urea groups is 1. The van der Waals surface area contributed by atoms with Gasteiger partial charge in [-0.15, -0.1) is 0 Å². The normalized spacial score (nSPS) is 14.7. The number of rotatable bonds is 6. The average molecular weight is 565 g/mol. The first kappa shape index (κ1) is 28.1. The summed E-state index contributed by atoms with van der Waals surface area (Å²) in [6.07, 6.45) is -2.90. The number of aryl methyl sites for hydroxylation is 1. The number of aromatic nitrogens is 3. The van der Waals surface area contributed by atoms with Crippen LogP contribution in [0.2, 0.25) is 0 Å². The predicted octanol–water partition coefficient (Wildman–Crippen LogP) is 5.14. The molecule has 0 saturated carbocycles. The lowest BCUT2D eigenvalue weighted by molar-refractivity contribution is -0.138. The minimum atomic E-state index is -4.55. The molecular weight excluding hydrogens is 533 g/mol. The van der Waals surface area contributed by atoms with E-state index in [0.717, 1.165) is 41.5 Å². The smallest absolute Gasteiger partial charge is 0.384 e. The number of hydrogen-bond donors (Lipinski definition) is 3. The van der Waals surface area contributed by atoms with Crippen molar-refractivity contribution in [1.82, 2.24) is 24.6 Å². The van der Waals surface area contributed by atoms with Crippen molar-refractivity contribution in [2.45, 2.75) is 12.7 Å². The van der Waals surface area contributed by atoms with E-state index in [-0.39, 0.29) is 23.6 Å². The number of pyridine rings is 1. The number of halogens is 3. The van der Waals surface area contributed by atoms with Crippen LogP contribution in [0.4, 0.5) is 35.3 Å². The Labute approximate surface area is 235 Å². The summed E-state index contributed by atoms with van der Waals surface area (Å²) in [5, 5.41) is 9.45. The largest absolute Gasteiger partial charge is 0.416 e. The number of carbonyl (C=O) groups excluding carboxylic acids is 1. The van der Waals surface area contributed by atoms with E-state index in [1.165, 1.54) is 12.1 Å². The first-order valence-corrected chi connectivity index (χ1v) is 13.1. The number of amides is 2. The molecule has 4 aromatic rings. The van der Waals surface area contributed by atoms with Gasteiger partial charge in [0.05, 0.1) is 11.3 Å². The molecule has 12 heteroatoms. The Bertz CT molecular complexity index is 1530. The molecule has 2 aromatic heterocycles. The van der Waals surface area contributed by atoms with Gasteiger partial charge in [-0.05, 0) is 53.6 Å². The fraction of sp³-hybridized carbons (Fsp3) is 0.276. The molecule has 214 valence electrons. The maximum absolute atomic E-state index is 13.9. The van der Waals surface area contributed by atoms with Crippen LogP contribution >= 0.6 is 0 Å². The molecule has 1 saturated heterocycles. The van der Waals surface area contributed by atoms with E-state index in [0.29, 0.717) is 18.9 Å². The van der Waals surface area contributed by atoms with Gasteiger partial charge in [-0.2, -0.15) is 18.3 Å². The van der Waals surface area contributed by atoms with Crippen molar-refractivity contribution in [3.05, 3.63) is 78.0 Å². The number of nitrogen functional groups attached to an aromatic ring is 1. The van der Waals surface area contributed by atoms with Crippen molar-refractivity contribution < 1.29 is 18.0 Å². The summed E-state index contributed by atoms with van der Waals surface area (Å²) in [6.45, 7) is 3.22. The Morgan fingerprint density at radius 3 is 2.29 bits per heavy atom. The van der Waals surface area contributed by atoms with Gasteiger partial charge in [-0.3, -0.25) is 14.9 Å². The summed E-state index contributed by atoms with van der Waals surface area (Å²) in [4.78, 5) is 20.8. The van der Waals surface area contributed by atoms with E-state index in [1.54, 1.807) is 30.1 Å². The third-order valence-electron chi connectivity index (χ3n) is 7.08. The lowest BCUT2D eigenvalue weighted by Crippen LogP contribution is -2.44. The van der Waals surface area contributed by atoms with Gasteiger partial charge in [0.1, 0.15) is 5.82 Å². The molecule has 1 fully saturated rings. The first-order valence-electron chi connectivity index (χ1n) is 13.1. The number of carbonyl (C=O) groups is 1. The molecule has 0 bridgehead atoms. The maximum atomic E-state index is 13.9.